The summed E-state index contributed by atoms with van der Waals surface area (Å²) in [6.45, 7) is 15.3. The summed E-state index contributed by atoms with van der Waals surface area (Å²) in [6, 6.07) is 0. The zero-order valence-corrected chi connectivity index (χ0v) is 21.2. The van der Waals surface area contributed by atoms with Crippen LogP contribution in [0, 0.1) is 17.3 Å². The van der Waals surface area contributed by atoms with Gasteiger partial charge in [-0.05, 0) is 76.0 Å². The minimum absolute atomic E-state index is 0.0368. The molecule has 0 unspecified atom stereocenters. The monoisotopic (exact) mass is 452 g/mol. The summed E-state index contributed by atoms with van der Waals surface area (Å²) in [6.07, 6.45) is 10.2. The van der Waals surface area contributed by atoms with E-state index in [0.29, 0.717) is 26.1 Å². The van der Waals surface area contributed by atoms with Gasteiger partial charge in [0, 0.05) is 13.1 Å². The van der Waals surface area contributed by atoms with Crippen LogP contribution >= 0.6 is 0 Å². The lowest BCUT2D eigenvalue weighted by molar-refractivity contribution is -0.147. The Morgan fingerprint density at radius 1 is 0.781 bits per heavy atom. The Morgan fingerprint density at radius 3 is 1.62 bits per heavy atom. The van der Waals surface area contributed by atoms with Gasteiger partial charge in [-0.25, -0.2) is 0 Å². The summed E-state index contributed by atoms with van der Waals surface area (Å²) in [5.74, 6) is 1.58. The van der Waals surface area contributed by atoms with E-state index in [1.165, 1.54) is 44.9 Å². The second kappa shape index (κ2) is 14.2. The van der Waals surface area contributed by atoms with E-state index in [1.807, 2.05) is 6.92 Å². The molecule has 0 saturated carbocycles. The van der Waals surface area contributed by atoms with Crippen molar-refractivity contribution in [3.63, 3.8) is 0 Å². The van der Waals surface area contributed by atoms with Gasteiger partial charge in [0.15, 0.2) is 0 Å². The molecule has 32 heavy (non-hydrogen) atoms. The fourth-order valence-corrected chi connectivity index (χ4v) is 4.79. The highest BCUT2D eigenvalue weighted by molar-refractivity contribution is 5.69. The van der Waals surface area contributed by atoms with Gasteiger partial charge in [-0.15, -0.1) is 0 Å². The van der Waals surface area contributed by atoms with Crippen molar-refractivity contribution in [3.8, 4) is 0 Å². The third kappa shape index (κ3) is 11.6. The van der Waals surface area contributed by atoms with Crippen molar-refractivity contribution < 1.29 is 19.1 Å². The zero-order valence-electron chi connectivity index (χ0n) is 21.2. The predicted molar refractivity (Wildman–Crippen MR) is 128 cm³/mol. The zero-order chi connectivity index (χ0) is 23.4. The van der Waals surface area contributed by atoms with Gasteiger partial charge < -0.3 is 19.3 Å². The molecule has 2 aliphatic rings. The molecule has 6 nitrogen and oxygen atoms in total. The summed E-state index contributed by atoms with van der Waals surface area (Å²) in [5.41, 5.74) is 0.0368. The Balaban J connectivity index is 1.48. The summed E-state index contributed by atoms with van der Waals surface area (Å²) in [4.78, 5) is 28.3. The minimum Gasteiger partial charge on any atom is -0.466 e. The molecule has 0 atom stereocenters. The van der Waals surface area contributed by atoms with Gasteiger partial charge >= 0.3 is 11.9 Å². The molecule has 0 radical (unpaired) electrons. The molecule has 0 aliphatic carbocycles. The number of rotatable bonds is 12. The number of nitrogens with zero attached hydrogens (tertiary/aromatic N) is 2. The maximum Gasteiger partial charge on any atom is 0.307 e. The first-order valence-corrected chi connectivity index (χ1v) is 13.0. The number of ether oxygens (including phenoxy) is 2. The number of carbonyl (C=O) groups excluding carboxylic acids is 2. The number of hydrogen-bond donors (Lipinski definition) is 0. The molecule has 0 N–H and O–H groups in total. The van der Waals surface area contributed by atoms with Crippen LogP contribution < -0.4 is 0 Å². The number of carbonyl (C=O) groups is 2. The molecule has 0 aromatic rings. The Kier molecular flexibility index (Phi) is 12.0. The van der Waals surface area contributed by atoms with Crippen molar-refractivity contribution in [2.75, 3.05) is 52.5 Å². The lowest BCUT2D eigenvalue weighted by Crippen LogP contribution is -2.36. The second-order valence-electron chi connectivity index (χ2n) is 11.0. The van der Waals surface area contributed by atoms with Crippen LogP contribution in [0.3, 0.4) is 0 Å². The highest BCUT2D eigenvalue weighted by Crippen LogP contribution is 2.27. The normalized spacial score (nSPS) is 19.8. The van der Waals surface area contributed by atoms with E-state index >= 15 is 0 Å². The van der Waals surface area contributed by atoms with Gasteiger partial charge in [-0.3, -0.25) is 9.59 Å². The summed E-state index contributed by atoms with van der Waals surface area (Å²) >= 11 is 0. The molecular weight excluding hydrogens is 404 g/mol. The van der Waals surface area contributed by atoms with Gasteiger partial charge in [0.2, 0.25) is 0 Å². The fourth-order valence-electron chi connectivity index (χ4n) is 4.79. The predicted octanol–water partition coefficient (Wildman–Crippen LogP) is 4.51. The first kappa shape index (κ1) is 27.1. The van der Waals surface area contributed by atoms with Crippen LogP contribution in [0.4, 0.5) is 0 Å². The van der Waals surface area contributed by atoms with Gasteiger partial charge in [-0.1, -0.05) is 40.0 Å². The highest BCUT2D eigenvalue weighted by atomic mass is 16.5. The van der Waals surface area contributed by atoms with Crippen LogP contribution in [0.5, 0.6) is 0 Å². The van der Waals surface area contributed by atoms with E-state index in [1.54, 1.807) is 0 Å². The molecule has 0 aromatic heterocycles. The van der Waals surface area contributed by atoms with Crippen molar-refractivity contribution in [3.05, 3.63) is 0 Å². The number of piperidine rings is 2. The lowest BCUT2D eigenvalue weighted by atomic mass is 9.87. The summed E-state index contributed by atoms with van der Waals surface area (Å²) < 4.78 is 10.4. The first-order valence-electron chi connectivity index (χ1n) is 13.0. The van der Waals surface area contributed by atoms with Crippen molar-refractivity contribution in [1.82, 2.24) is 9.80 Å². The third-order valence-electron chi connectivity index (χ3n) is 6.87. The van der Waals surface area contributed by atoms with Gasteiger partial charge in [0.25, 0.3) is 0 Å². The van der Waals surface area contributed by atoms with Crippen LogP contribution in [-0.4, -0.2) is 74.2 Å². The number of likely N-dealkylation sites (tertiary alicyclic amines) is 2. The Morgan fingerprint density at radius 2 is 1.22 bits per heavy atom. The van der Waals surface area contributed by atoms with Gasteiger partial charge in [-0.2, -0.15) is 0 Å². The highest BCUT2D eigenvalue weighted by Gasteiger charge is 2.23. The largest absolute Gasteiger partial charge is 0.466 e. The van der Waals surface area contributed by atoms with E-state index in [2.05, 4.69) is 30.6 Å². The molecule has 6 heteroatoms. The maximum atomic E-state index is 11.9. The molecule has 2 fully saturated rings. The first-order chi connectivity index (χ1) is 15.2. The molecular formula is C26H48N2O4. The third-order valence-corrected chi connectivity index (χ3v) is 6.87. The van der Waals surface area contributed by atoms with E-state index in [0.717, 1.165) is 51.1 Å². The fraction of sp³-hybridized carbons (Fsp3) is 0.923. The van der Waals surface area contributed by atoms with E-state index in [9.17, 15) is 9.59 Å². The molecule has 2 heterocycles. The Labute approximate surface area is 196 Å². The average molecular weight is 453 g/mol. The molecule has 0 aromatic carbocycles. The molecule has 0 bridgehead atoms. The Bertz CT molecular complexity index is 545. The molecule has 0 spiro atoms. The smallest absolute Gasteiger partial charge is 0.307 e. The Hall–Kier alpha value is -1.14. The van der Waals surface area contributed by atoms with E-state index < -0.39 is 0 Å². The van der Waals surface area contributed by atoms with Crippen LogP contribution in [0.15, 0.2) is 0 Å². The molecule has 0 amide bonds. The van der Waals surface area contributed by atoms with Crippen LogP contribution in [-0.2, 0) is 19.1 Å². The molecule has 186 valence electrons. The SMILES string of the molecule is CCOC(=O)CCN1CCC(CCCC2CCN(CCC(=O)OCC(C)(C)C)CC2)CC1. The summed E-state index contributed by atoms with van der Waals surface area (Å²) in [5, 5.41) is 0. The van der Waals surface area contributed by atoms with Gasteiger partial charge in [0.05, 0.1) is 26.1 Å². The number of esters is 2. The molecule has 2 aliphatic heterocycles. The van der Waals surface area contributed by atoms with Crippen LogP contribution in [0.25, 0.3) is 0 Å². The molecule has 2 rings (SSSR count). The minimum atomic E-state index is -0.0684. The van der Waals surface area contributed by atoms with Crippen molar-refractivity contribution in [2.24, 2.45) is 17.3 Å². The van der Waals surface area contributed by atoms with Crippen LogP contribution in [0.1, 0.15) is 85.5 Å². The standard InChI is InChI=1S/C26H48N2O4/c1-5-31-24(29)13-19-27-15-9-22(10-16-27)7-6-8-23-11-17-28(18-12-23)20-14-25(30)32-21-26(2,3)4/h22-23H,5-21H2,1-4H3. The summed E-state index contributed by atoms with van der Waals surface area (Å²) in [7, 11) is 0. The van der Waals surface area contributed by atoms with Gasteiger partial charge in [0.1, 0.15) is 0 Å². The van der Waals surface area contributed by atoms with Crippen molar-refractivity contribution in [2.45, 2.75) is 85.5 Å². The second-order valence-corrected chi connectivity index (χ2v) is 11.0. The van der Waals surface area contributed by atoms with Crippen molar-refractivity contribution >= 4 is 11.9 Å². The maximum absolute atomic E-state index is 11.9. The quantitative estimate of drug-likeness (QED) is 0.406. The number of hydrogen-bond acceptors (Lipinski definition) is 6. The van der Waals surface area contributed by atoms with E-state index in [-0.39, 0.29) is 17.4 Å². The van der Waals surface area contributed by atoms with E-state index in [4.69, 9.17) is 9.47 Å². The lowest BCUT2D eigenvalue weighted by Gasteiger charge is -2.33. The molecule has 2 saturated heterocycles. The average Bonchev–Trinajstić information content (AvgIpc) is 2.76. The van der Waals surface area contributed by atoms with Crippen molar-refractivity contribution in [1.29, 1.82) is 0 Å². The topological polar surface area (TPSA) is 59.1 Å². The van der Waals surface area contributed by atoms with Crippen LogP contribution in [0.2, 0.25) is 0 Å².